The Morgan fingerprint density at radius 3 is 2.64 bits per heavy atom. The summed E-state index contributed by atoms with van der Waals surface area (Å²) < 4.78 is 13.4. The molecular formula is C24H28ClFO2. The first-order chi connectivity index (χ1) is 13.5. The van der Waals surface area contributed by atoms with Crippen LogP contribution in [0.2, 0.25) is 5.02 Å². The third kappa shape index (κ3) is 5.21. The molecule has 0 aliphatic heterocycles. The first-order valence-electron chi connectivity index (χ1n) is 10.2. The van der Waals surface area contributed by atoms with Gasteiger partial charge in [-0.05, 0) is 73.1 Å². The van der Waals surface area contributed by atoms with E-state index < -0.39 is 0 Å². The molecule has 2 nitrogen and oxygen atoms in total. The van der Waals surface area contributed by atoms with Gasteiger partial charge in [0.1, 0.15) is 5.82 Å². The minimum Gasteiger partial charge on any atom is -0.396 e. The van der Waals surface area contributed by atoms with Gasteiger partial charge >= 0.3 is 0 Å². The molecule has 0 saturated heterocycles. The van der Waals surface area contributed by atoms with Crippen LogP contribution in [0, 0.1) is 11.7 Å². The van der Waals surface area contributed by atoms with Crippen LogP contribution in [0.5, 0.6) is 0 Å². The van der Waals surface area contributed by atoms with E-state index in [0.717, 1.165) is 24.0 Å². The Hall–Kier alpha value is -1.71. The van der Waals surface area contributed by atoms with E-state index in [1.807, 2.05) is 18.2 Å². The molecule has 4 heteroatoms. The highest BCUT2D eigenvalue weighted by molar-refractivity contribution is 6.30. The maximum atomic E-state index is 13.4. The normalized spacial score (nSPS) is 20.3. The molecule has 0 radical (unpaired) electrons. The molecule has 150 valence electrons. The van der Waals surface area contributed by atoms with E-state index in [-0.39, 0.29) is 23.2 Å². The van der Waals surface area contributed by atoms with E-state index >= 15 is 0 Å². The predicted octanol–water partition coefficient (Wildman–Crippen LogP) is 6.51. The van der Waals surface area contributed by atoms with Gasteiger partial charge in [0.05, 0.1) is 5.02 Å². The fraction of sp³-hybridized carbons (Fsp3) is 0.458. The Balaban J connectivity index is 1.56. The summed E-state index contributed by atoms with van der Waals surface area (Å²) in [7, 11) is 0. The Morgan fingerprint density at radius 2 is 1.96 bits per heavy atom. The van der Waals surface area contributed by atoms with Gasteiger partial charge in [-0.2, -0.15) is 0 Å². The Bertz CT molecular complexity index is 803. The fourth-order valence-electron chi connectivity index (χ4n) is 4.37. The molecular weight excluding hydrogens is 375 g/mol. The van der Waals surface area contributed by atoms with E-state index in [1.54, 1.807) is 6.07 Å². The second-order valence-corrected chi connectivity index (χ2v) is 8.47. The van der Waals surface area contributed by atoms with Crippen molar-refractivity contribution < 1.29 is 14.3 Å². The molecule has 0 amide bonds. The van der Waals surface area contributed by atoms with Gasteiger partial charge in [0.15, 0.2) is 5.78 Å². The van der Waals surface area contributed by atoms with Gasteiger partial charge in [0, 0.05) is 18.6 Å². The summed E-state index contributed by atoms with van der Waals surface area (Å²) in [5.74, 6) is 1.27. The molecule has 1 unspecified atom stereocenters. The van der Waals surface area contributed by atoms with Crippen molar-refractivity contribution in [2.75, 3.05) is 6.61 Å². The Morgan fingerprint density at radius 1 is 1.21 bits per heavy atom. The molecule has 3 atom stereocenters. The van der Waals surface area contributed by atoms with Crippen molar-refractivity contribution in [2.24, 2.45) is 5.92 Å². The monoisotopic (exact) mass is 402 g/mol. The van der Waals surface area contributed by atoms with E-state index in [1.165, 1.54) is 24.5 Å². The summed E-state index contributed by atoms with van der Waals surface area (Å²) >= 11 is 5.93. The first-order valence-corrected chi connectivity index (χ1v) is 10.5. The number of benzene rings is 2. The molecule has 2 aromatic carbocycles. The number of carbonyl (C=O) groups is 1. The van der Waals surface area contributed by atoms with Crippen molar-refractivity contribution >= 4 is 17.4 Å². The van der Waals surface area contributed by atoms with Crippen molar-refractivity contribution in [3.8, 4) is 0 Å². The number of carbonyl (C=O) groups excluding carboxylic acids is 1. The second-order valence-electron chi connectivity index (χ2n) is 8.06. The minimum atomic E-state index is -0.364. The zero-order valence-corrected chi connectivity index (χ0v) is 17.1. The molecule has 1 saturated carbocycles. The van der Waals surface area contributed by atoms with Crippen molar-refractivity contribution in [3.05, 3.63) is 70.0 Å². The number of halogens is 2. The highest BCUT2D eigenvalue weighted by Crippen LogP contribution is 2.42. The highest BCUT2D eigenvalue weighted by atomic mass is 35.5. The zero-order chi connectivity index (χ0) is 20.1. The lowest BCUT2D eigenvalue weighted by atomic mass is 9.88. The maximum absolute atomic E-state index is 13.4. The van der Waals surface area contributed by atoms with Gasteiger partial charge in [-0.25, -0.2) is 4.39 Å². The van der Waals surface area contributed by atoms with Crippen molar-refractivity contribution in [3.63, 3.8) is 0 Å². The maximum Gasteiger partial charge on any atom is 0.162 e. The molecule has 0 bridgehead atoms. The van der Waals surface area contributed by atoms with Crippen LogP contribution >= 0.6 is 11.6 Å². The fourth-order valence-corrected chi connectivity index (χ4v) is 4.56. The smallest absolute Gasteiger partial charge is 0.162 e. The largest absolute Gasteiger partial charge is 0.396 e. The Kier molecular flexibility index (Phi) is 7.25. The molecule has 28 heavy (non-hydrogen) atoms. The second kappa shape index (κ2) is 9.67. The average molecular weight is 403 g/mol. The highest BCUT2D eigenvalue weighted by Gasteiger charge is 2.27. The summed E-state index contributed by atoms with van der Waals surface area (Å²) in [6.07, 6.45) is 5.50. The average Bonchev–Trinajstić information content (AvgIpc) is 3.16. The summed E-state index contributed by atoms with van der Waals surface area (Å²) in [6.45, 7) is 2.24. The number of hydrogen-bond donors (Lipinski definition) is 1. The molecule has 1 N–H and O–H groups in total. The molecule has 2 aromatic rings. The van der Waals surface area contributed by atoms with Gasteiger partial charge in [-0.15, -0.1) is 0 Å². The predicted molar refractivity (Wildman–Crippen MR) is 112 cm³/mol. The third-order valence-electron chi connectivity index (χ3n) is 6.01. The van der Waals surface area contributed by atoms with Gasteiger partial charge in [0.2, 0.25) is 0 Å². The zero-order valence-electron chi connectivity index (χ0n) is 16.3. The lowest BCUT2D eigenvalue weighted by Crippen LogP contribution is -2.04. The topological polar surface area (TPSA) is 37.3 Å². The molecule has 0 heterocycles. The summed E-state index contributed by atoms with van der Waals surface area (Å²) in [4.78, 5) is 12.0. The summed E-state index contributed by atoms with van der Waals surface area (Å²) in [5, 5.41) is 9.06. The molecule has 1 aliphatic carbocycles. The van der Waals surface area contributed by atoms with E-state index in [0.29, 0.717) is 30.6 Å². The van der Waals surface area contributed by atoms with Crippen molar-refractivity contribution in [2.45, 2.75) is 57.3 Å². The van der Waals surface area contributed by atoms with Gasteiger partial charge in [0.25, 0.3) is 0 Å². The SMILES string of the molecule is C[C@@H](CC1CC[C@H](c2ccc(C(=O)CCCO)cc2)C1)c1ccc(F)c(Cl)c1. The van der Waals surface area contributed by atoms with Crippen LogP contribution < -0.4 is 0 Å². The first kappa shape index (κ1) is 21.0. The third-order valence-corrected chi connectivity index (χ3v) is 6.30. The quantitative estimate of drug-likeness (QED) is 0.511. The van der Waals surface area contributed by atoms with Crippen LogP contribution in [-0.4, -0.2) is 17.5 Å². The molecule has 0 spiro atoms. The van der Waals surface area contributed by atoms with Gasteiger partial charge in [-0.1, -0.05) is 48.9 Å². The number of rotatable bonds is 8. The van der Waals surface area contributed by atoms with E-state index in [4.69, 9.17) is 16.7 Å². The van der Waals surface area contributed by atoms with Crippen LogP contribution in [0.25, 0.3) is 0 Å². The number of aliphatic hydroxyl groups is 1. The van der Waals surface area contributed by atoms with Crippen LogP contribution in [-0.2, 0) is 0 Å². The lowest BCUT2D eigenvalue weighted by Gasteiger charge is -2.18. The minimum absolute atomic E-state index is 0.0514. The van der Waals surface area contributed by atoms with Crippen molar-refractivity contribution in [1.29, 1.82) is 0 Å². The number of ketones is 1. The van der Waals surface area contributed by atoms with E-state index in [9.17, 15) is 9.18 Å². The summed E-state index contributed by atoms with van der Waals surface area (Å²) in [6, 6.07) is 13.1. The molecule has 1 fully saturated rings. The number of hydrogen-bond acceptors (Lipinski definition) is 2. The standard InChI is InChI=1S/C24H28ClFO2/c1-16(20-10-11-23(26)22(25)15-20)13-17-4-5-21(14-17)18-6-8-19(9-7-18)24(28)3-2-12-27/h6-11,15-17,21,27H,2-5,12-14H2,1H3/t16-,17?,21-/m0/s1. The van der Waals surface area contributed by atoms with Crippen LogP contribution in [0.15, 0.2) is 42.5 Å². The van der Waals surface area contributed by atoms with E-state index in [2.05, 4.69) is 19.1 Å². The molecule has 1 aliphatic rings. The van der Waals surface area contributed by atoms with Crippen LogP contribution in [0.1, 0.15) is 78.8 Å². The Labute approximate surface area is 171 Å². The van der Waals surface area contributed by atoms with Gasteiger partial charge < -0.3 is 5.11 Å². The number of aliphatic hydroxyl groups excluding tert-OH is 1. The van der Waals surface area contributed by atoms with Crippen LogP contribution in [0.3, 0.4) is 0 Å². The number of Topliss-reactive ketones (excluding diaryl/α,β-unsaturated/α-hetero) is 1. The molecule has 3 rings (SSSR count). The van der Waals surface area contributed by atoms with Crippen molar-refractivity contribution in [1.82, 2.24) is 0 Å². The summed E-state index contributed by atoms with van der Waals surface area (Å²) in [5.41, 5.74) is 3.13. The lowest BCUT2D eigenvalue weighted by molar-refractivity contribution is 0.0971. The van der Waals surface area contributed by atoms with Crippen LogP contribution in [0.4, 0.5) is 4.39 Å². The van der Waals surface area contributed by atoms with Gasteiger partial charge in [-0.3, -0.25) is 4.79 Å². The molecule has 0 aromatic heterocycles.